The van der Waals surface area contributed by atoms with Crippen molar-refractivity contribution in [3.63, 3.8) is 0 Å². The number of nitrogens with two attached hydrogens (primary N) is 1. The fraction of sp³-hybridized carbons (Fsp3) is 0.571. The molecule has 0 aliphatic carbocycles. The summed E-state index contributed by atoms with van der Waals surface area (Å²) in [6.07, 6.45) is 3.41. The summed E-state index contributed by atoms with van der Waals surface area (Å²) in [4.78, 5) is 0. The largest absolute Gasteiger partial charge is 0.491 e. The van der Waals surface area contributed by atoms with Gasteiger partial charge in [-0.3, -0.25) is 0 Å². The van der Waals surface area contributed by atoms with E-state index < -0.39 is 0 Å². The summed E-state index contributed by atoms with van der Waals surface area (Å²) in [5.41, 5.74) is 8.33. The van der Waals surface area contributed by atoms with E-state index in [9.17, 15) is 0 Å². The average molecular weight is 221 g/mol. The summed E-state index contributed by atoms with van der Waals surface area (Å²) in [5.74, 6) is 0.975. The van der Waals surface area contributed by atoms with Crippen molar-refractivity contribution >= 4 is 0 Å². The summed E-state index contributed by atoms with van der Waals surface area (Å²) in [6, 6.07) is 6.39. The zero-order valence-electron chi connectivity index (χ0n) is 10.6. The Bertz CT molecular complexity index is 321. The minimum absolute atomic E-state index is 0.236. The van der Waals surface area contributed by atoms with Crippen LogP contribution in [-0.4, -0.2) is 12.6 Å². The summed E-state index contributed by atoms with van der Waals surface area (Å²) in [7, 11) is 0. The molecular formula is C14H23NO. The van der Waals surface area contributed by atoms with Gasteiger partial charge in [-0.25, -0.2) is 0 Å². The SMILES string of the molecule is CCc1cc(OC(C)C)ccc1CCCN. The molecule has 0 amide bonds. The Morgan fingerprint density at radius 1 is 1.25 bits per heavy atom. The molecule has 2 N–H and O–H groups in total. The highest BCUT2D eigenvalue weighted by Gasteiger charge is 2.04. The summed E-state index contributed by atoms with van der Waals surface area (Å²) in [5, 5.41) is 0. The molecule has 0 unspecified atom stereocenters. The molecule has 0 spiro atoms. The maximum Gasteiger partial charge on any atom is 0.119 e. The van der Waals surface area contributed by atoms with Crippen LogP contribution in [0.1, 0.15) is 38.3 Å². The third kappa shape index (κ3) is 3.86. The minimum Gasteiger partial charge on any atom is -0.491 e. The van der Waals surface area contributed by atoms with Crippen LogP contribution in [0.4, 0.5) is 0 Å². The molecule has 1 aromatic carbocycles. The first-order valence-electron chi connectivity index (χ1n) is 6.16. The van der Waals surface area contributed by atoms with Crippen LogP contribution in [0.3, 0.4) is 0 Å². The topological polar surface area (TPSA) is 35.2 Å². The molecule has 0 heterocycles. The molecule has 0 saturated carbocycles. The monoisotopic (exact) mass is 221 g/mol. The third-order valence-corrected chi connectivity index (χ3v) is 2.58. The Balaban J connectivity index is 2.79. The molecule has 0 aromatic heterocycles. The average Bonchev–Trinajstić information content (AvgIpc) is 2.26. The summed E-state index contributed by atoms with van der Waals surface area (Å²) in [6.45, 7) is 7.04. The second kappa shape index (κ2) is 6.54. The lowest BCUT2D eigenvalue weighted by Crippen LogP contribution is -2.07. The summed E-state index contributed by atoms with van der Waals surface area (Å²) >= 11 is 0. The van der Waals surface area contributed by atoms with E-state index in [0.717, 1.165) is 31.6 Å². The lowest BCUT2D eigenvalue weighted by Gasteiger charge is -2.13. The Morgan fingerprint density at radius 2 is 2.00 bits per heavy atom. The highest BCUT2D eigenvalue weighted by molar-refractivity contribution is 5.36. The maximum absolute atomic E-state index is 5.69. The fourth-order valence-corrected chi connectivity index (χ4v) is 1.81. The van der Waals surface area contributed by atoms with Crippen molar-refractivity contribution in [3.05, 3.63) is 29.3 Å². The lowest BCUT2D eigenvalue weighted by molar-refractivity contribution is 0.242. The Morgan fingerprint density at radius 3 is 2.56 bits per heavy atom. The molecule has 0 radical (unpaired) electrons. The van der Waals surface area contributed by atoms with Gasteiger partial charge in [0, 0.05) is 0 Å². The van der Waals surface area contributed by atoms with Crippen LogP contribution < -0.4 is 10.5 Å². The maximum atomic E-state index is 5.69. The molecule has 0 saturated heterocycles. The molecule has 1 rings (SSSR count). The van der Waals surface area contributed by atoms with Gasteiger partial charge in [0.05, 0.1) is 6.10 Å². The van der Waals surface area contributed by atoms with E-state index in [2.05, 4.69) is 25.1 Å². The van der Waals surface area contributed by atoms with E-state index in [-0.39, 0.29) is 6.10 Å². The van der Waals surface area contributed by atoms with Crippen molar-refractivity contribution in [2.24, 2.45) is 5.73 Å². The van der Waals surface area contributed by atoms with Gasteiger partial charge in [0.25, 0.3) is 0 Å². The first-order chi connectivity index (χ1) is 7.67. The molecule has 2 heteroatoms. The van der Waals surface area contributed by atoms with E-state index in [4.69, 9.17) is 10.5 Å². The Kier molecular flexibility index (Phi) is 5.33. The van der Waals surface area contributed by atoms with Gasteiger partial charge in [0.15, 0.2) is 0 Å². The molecule has 90 valence electrons. The van der Waals surface area contributed by atoms with Crippen LogP contribution in [0.2, 0.25) is 0 Å². The van der Waals surface area contributed by atoms with Gasteiger partial charge in [-0.15, -0.1) is 0 Å². The number of hydrogen-bond acceptors (Lipinski definition) is 2. The second-order valence-electron chi connectivity index (χ2n) is 4.34. The van der Waals surface area contributed by atoms with Crippen molar-refractivity contribution in [2.75, 3.05) is 6.54 Å². The van der Waals surface area contributed by atoms with Crippen molar-refractivity contribution in [3.8, 4) is 5.75 Å². The number of aryl methyl sites for hydroxylation is 2. The first-order valence-corrected chi connectivity index (χ1v) is 6.16. The molecule has 1 aromatic rings. The van der Waals surface area contributed by atoms with E-state index in [1.54, 1.807) is 0 Å². The van der Waals surface area contributed by atoms with Crippen molar-refractivity contribution in [1.29, 1.82) is 0 Å². The van der Waals surface area contributed by atoms with Crippen LogP contribution in [0, 0.1) is 0 Å². The minimum atomic E-state index is 0.236. The zero-order chi connectivity index (χ0) is 12.0. The molecule has 0 bridgehead atoms. The summed E-state index contributed by atoms with van der Waals surface area (Å²) < 4.78 is 5.69. The second-order valence-corrected chi connectivity index (χ2v) is 4.34. The normalized spacial score (nSPS) is 10.8. The molecule has 2 nitrogen and oxygen atoms in total. The first kappa shape index (κ1) is 13.0. The van der Waals surface area contributed by atoms with Gasteiger partial charge >= 0.3 is 0 Å². The molecule has 0 atom stereocenters. The van der Waals surface area contributed by atoms with Crippen molar-refractivity contribution < 1.29 is 4.74 Å². The number of hydrogen-bond donors (Lipinski definition) is 1. The van der Waals surface area contributed by atoms with Gasteiger partial charge in [-0.2, -0.15) is 0 Å². The van der Waals surface area contributed by atoms with Crippen LogP contribution in [0.25, 0.3) is 0 Å². The Labute approximate surface area is 98.8 Å². The predicted octanol–water partition coefficient (Wildman–Crippen LogP) is 2.93. The van der Waals surface area contributed by atoms with Crippen LogP contribution >= 0.6 is 0 Å². The van der Waals surface area contributed by atoms with E-state index in [1.165, 1.54) is 11.1 Å². The Hall–Kier alpha value is -1.02. The number of ether oxygens (including phenoxy) is 1. The van der Waals surface area contributed by atoms with Crippen LogP contribution in [-0.2, 0) is 12.8 Å². The number of rotatable bonds is 6. The quantitative estimate of drug-likeness (QED) is 0.801. The lowest BCUT2D eigenvalue weighted by atomic mass is 10.0. The van der Waals surface area contributed by atoms with Crippen molar-refractivity contribution in [2.45, 2.75) is 46.1 Å². The van der Waals surface area contributed by atoms with Gasteiger partial charge in [-0.1, -0.05) is 13.0 Å². The third-order valence-electron chi connectivity index (χ3n) is 2.58. The molecule has 0 aliphatic rings. The number of benzene rings is 1. The van der Waals surface area contributed by atoms with E-state index in [1.807, 2.05) is 13.8 Å². The van der Waals surface area contributed by atoms with Crippen LogP contribution in [0.5, 0.6) is 5.75 Å². The molecule has 16 heavy (non-hydrogen) atoms. The van der Waals surface area contributed by atoms with Gasteiger partial charge in [0.2, 0.25) is 0 Å². The fourth-order valence-electron chi connectivity index (χ4n) is 1.81. The molecular weight excluding hydrogens is 198 g/mol. The smallest absolute Gasteiger partial charge is 0.119 e. The predicted molar refractivity (Wildman–Crippen MR) is 69.0 cm³/mol. The molecule has 0 fully saturated rings. The standard InChI is InChI=1S/C14H23NO/c1-4-12-10-14(16-11(2)3)8-7-13(12)6-5-9-15/h7-8,10-11H,4-6,9,15H2,1-3H3. The van der Waals surface area contributed by atoms with Gasteiger partial charge in [0.1, 0.15) is 5.75 Å². The highest BCUT2D eigenvalue weighted by atomic mass is 16.5. The van der Waals surface area contributed by atoms with E-state index >= 15 is 0 Å². The van der Waals surface area contributed by atoms with E-state index in [0.29, 0.717) is 0 Å². The van der Waals surface area contributed by atoms with Crippen molar-refractivity contribution in [1.82, 2.24) is 0 Å². The van der Waals surface area contributed by atoms with Gasteiger partial charge < -0.3 is 10.5 Å². The zero-order valence-corrected chi connectivity index (χ0v) is 10.6. The van der Waals surface area contributed by atoms with Crippen LogP contribution in [0.15, 0.2) is 18.2 Å². The highest BCUT2D eigenvalue weighted by Crippen LogP contribution is 2.20. The molecule has 0 aliphatic heterocycles. The van der Waals surface area contributed by atoms with Gasteiger partial charge in [-0.05, 0) is 62.9 Å².